The predicted molar refractivity (Wildman–Crippen MR) is 83.3 cm³/mol. The van der Waals surface area contributed by atoms with E-state index in [4.69, 9.17) is 4.74 Å². The topological polar surface area (TPSA) is 58.6 Å². The minimum Gasteiger partial charge on any atom is -0.495 e. The van der Waals surface area contributed by atoms with Gasteiger partial charge in [-0.2, -0.15) is 4.31 Å². The van der Waals surface area contributed by atoms with Gasteiger partial charge in [-0.1, -0.05) is 0 Å². The third kappa shape index (κ3) is 3.22. The second-order valence-corrected chi connectivity index (χ2v) is 7.57. The fourth-order valence-corrected chi connectivity index (χ4v) is 4.22. The SMILES string of the molecule is COc1cc(C)c(C)cc1S(=O)(=O)N(C)C1CCCNC1. The number of hydrogen-bond acceptors (Lipinski definition) is 4. The number of nitrogens with zero attached hydrogens (tertiary/aromatic N) is 1. The van der Waals surface area contributed by atoms with Crippen LogP contribution in [0.4, 0.5) is 0 Å². The van der Waals surface area contributed by atoms with Crippen molar-refractivity contribution in [2.75, 3.05) is 27.2 Å². The first-order chi connectivity index (χ1) is 9.87. The number of benzene rings is 1. The van der Waals surface area contributed by atoms with Crippen LogP contribution in [-0.2, 0) is 10.0 Å². The molecule has 1 unspecified atom stereocenters. The summed E-state index contributed by atoms with van der Waals surface area (Å²) in [4.78, 5) is 0.251. The summed E-state index contributed by atoms with van der Waals surface area (Å²) in [6.07, 6.45) is 1.88. The molecule has 0 aliphatic carbocycles. The van der Waals surface area contributed by atoms with Crippen LogP contribution in [0.2, 0.25) is 0 Å². The molecule has 1 aliphatic rings. The maximum absolute atomic E-state index is 12.9. The van der Waals surface area contributed by atoms with Gasteiger partial charge in [0.1, 0.15) is 10.6 Å². The van der Waals surface area contributed by atoms with E-state index >= 15 is 0 Å². The minimum absolute atomic E-state index is 0.00457. The highest BCUT2D eigenvalue weighted by Gasteiger charge is 2.31. The molecule has 0 amide bonds. The van der Waals surface area contributed by atoms with Crippen LogP contribution in [0.1, 0.15) is 24.0 Å². The summed E-state index contributed by atoms with van der Waals surface area (Å²) in [6.45, 7) is 5.51. The van der Waals surface area contributed by atoms with Crippen LogP contribution in [0.25, 0.3) is 0 Å². The van der Waals surface area contributed by atoms with Gasteiger partial charge in [-0.25, -0.2) is 8.42 Å². The number of methoxy groups -OCH3 is 1. The maximum atomic E-state index is 12.9. The molecular weight excluding hydrogens is 288 g/mol. The Bertz CT molecular complexity index is 608. The number of ether oxygens (including phenoxy) is 1. The van der Waals surface area contributed by atoms with E-state index in [0.717, 1.165) is 30.5 Å². The van der Waals surface area contributed by atoms with Crippen LogP contribution in [0, 0.1) is 13.8 Å². The molecule has 1 N–H and O–H groups in total. The van der Waals surface area contributed by atoms with Crippen molar-refractivity contribution in [1.29, 1.82) is 0 Å². The monoisotopic (exact) mass is 312 g/mol. The summed E-state index contributed by atoms with van der Waals surface area (Å²) in [5, 5.41) is 3.25. The Hall–Kier alpha value is -1.11. The van der Waals surface area contributed by atoms with Crippen LogP contribution < -0.4 is 10.1 Å². The second kappa shape index (κ2) is 6.34. The highest BCUT2D eigenvalue weighted by atomic mass is 32.2. The van der Waals surface area contributed by atoms with Gasteiger partial charge in [0, 0.05) is 19.6 Å². The van der Waals surface area contributed by atoms with Crippen LogP contribution >= 0.6 is 0 Å². The summed E-state index contributed by atoms with van der Waals surface area (Å²) in [6, 6.07) is 3.49. The molecule has 1 aromatic rings. The lowest BCUT2D eigenvalue weighted by Gasteiger charge is -2.31. The number of hydrogen-bond donors (Lipinski definition) is 1. The summed E-state index contributed by atoms with van der Waals surface area (Å²) < 4.78 is 32.5. The molecule has 1 saturated heterocycles. The molecule has 0 spiro atoms. The van der Waals surface area contributed by atoms with Gasteiger partial charge < -0.3 is 10.1 Å². The van der Waals surface area contributed by atoms with E-state index in [9.17, 15) is 8.42 Å². The van der Waals surface area contributed by atoms with Crippen molar-refractivity contribution in [3.63, 3.8) is 0 Å². The standard InChI is InChI=1S/C15H24N2O3S/c1-11-8-14(20-4)15(9-12(11)2)21(18,19)17(3)13-6-5-7-16-10-13/h8-9,13,16H,5-7,10H2,1-4H3. The fourth-order valence-electron chi connectivity index (χ4n) is 2.62. The van der Waals surface area contributed by atoms with Crippen LogP contribution in [0.5, 0.6) is 5.75 Å². The van der Waals surface area contributed by atoms with Crippen molar-refractivity contribution in [3.8, 4) is 5.75 Å². The third-order valence-corrected chi connectivity index (χ3v) is 6.15. The van der Waals surface area contributed by atoms with E-state index in [1.54, 1.807) is 19.2 Å². The predicted octanol–water partition coefficient (Wildman–Crippen LogP) is 1.68. The van der Waals surface area contributed by atoms with Crippen molar-refractivity contribution < 1.29 is 13.2 Å². The summed E-state index contributed by atoms with van der Waals surface area (Å²) >= 11 is 0. The zero-order valence-corrected chi connectivity index (χ0v) is 14.0. The molecule has 118 valence electrons. The largest absolute Gasteiger partial charge is 0.495 e. The molecule has 5 nitrogen and oxygen atoms in total. The highest BCUT2D eigenvalue weighted by molar-refractivity contribution is 7.89. The molecule has 1 heterocycles. The fraction of sp³-hybridized carbons (Fsp3) is 0.600. The Morgan fingerprint density at radius 3 is 2.52 bits per heavy atom. The number of piperidine rings is 1. The number of likely N-dealkylation sites (N-methyl/N-ethyl adjacent to an activating group) is 1. The Morgan fingerprint density at radius 1 is 1.29 bits per heavy atom. The minimum atomic E-state index is -3.55. The first kappa shape index (κ1) is 16.3. The molecule has 0 aromatic heterocycles. The second-order valence-electron chi connectivity index (χ2n) is 5.61. The number of rotatable bonds is 4. The molecule has 2 rings (SSSR count). The highest BCUT2D eigenvalue weighted by Crippen LogP contribution is 2.30. The first-order valence-electron chi connectivity index (χ1n) is 7.22. The first-order valence-corrected chi connectivity index (χ1v) is 8.66. The van der Waals surface area contributed by atoms with Gasteiger partial charge in [0.05, 0.1) is 7.11 Å². The van der Waals surface area contributed by atoms with Gasteiger partial charge in [-0.3, -0.25) is 0 Å². The number of nitrogens with one attached hydrogen (secondary N) is 1. The molecular formula is C15H24N2O3S. The van der Waals surface area contributed by atoms with Crippen molar-refractivity contribution in [2.24, 2.45) is 0 Å². The molecule has 1 aromatic carbocycles. The Balaban J connectivity index is 2.40. The van der Waals surface area contributed by atoms with Crippen LogP contribution in [0.15, 0.2) is 17.0 Å². The van der Waals surface area contributed by atoms with Crippen LogP contribution in [0.3, 0.4) is 0 Å². The van der Waals surface area contributed by atoms with Gasteiger partial charge in [-0.05, 0) is 56.5 Å². The van der Waals surface area contributed by atoms with E-state index in [1.807, 2.05) is 13.8 Å². The van der Waals surface area contributed by atoms with Crippen LogP contribution in [-0.4, -0.2) is 46.0 Å². The van der Waals surface area contributed by atoms with Gasteiger partial charge in [0.25, 0.3) is 0 Å². The Kier molecular flexibility index (Phi) is 4.91. The third-order valence-electron chi connectivity index (χ3n) is 4.22. The van der Waals surface area contributed by atoms with Gasteiger partial charge in [-0.15, -0.1) is 0 Å². The lowest BCUT2D eigenvalue weighted by molar-refractivity contribution is 0.298. The molecule has 0 saturated carbocycles. The van der Waals surface area contributed by atoms with E-state index in [1.165, 1.54) is 11.4 Å². The van der Waals surface area contributed by atoms with Gasteiger partial charge in [0.15, 0.2) is 0 Å². The molecule has 1 fully saturated rings. The normalized spacial score (nSPS) is 19.8. The zero-order valence-electron chi connectivity index (χ0n) is 13.1. The average Bonchev–Trinajstić information content (AvgIpc) is 2.49. The summed E-state index contributed by atoms with van der Waals surface area (Å²) in [5.74, 6) is 0.411. The van der Waals surface area contributed by atoms with Crippen molar-refractivity contribution >= 4 is 10.0 Å². The Morgan fingerprint density at radius 2 is 1.95 bits per heavy atom. The molecule has 6 heteroatoms. The van der Waals surface area contributed by atoms with Crippen molar-refractivity contribution in [1.82, 2.24) is 9.62 Å². The quantitative estimate of drug-likeness (QED) is 0.919. The maximum Gasteiger partial charge on any atom is 0.246 e. The van der Waals surface area contributed by atoms with E-state index < -0.39 is 10.0 Å². The molecule has 0 bridgehead atoms. The smallest absolute Gasteiger partial charge is 0.246 e. The molecule has 1 aliphatic heterocycles. The lowest BCUT2D eigenvalue weighted by Crippen LogP contribution is -2.46. The Labute approximate surface area is 127 Å². The lowest BCUT2D eigenvalue weighted by atomic mass is 10.1. The van der Waals surface area contributed by atoms with Crippen molar-refractivity contribution in [3.05, 3.63) is 23.3 Å². The number of sulfonamides is 1. The summed E-state index contributed by atoms with van der Waals surface area (Å²) in [5.41, 5.74) is 1.97. The summed E-state index contributed by atoms with van der Waals surface area (Å²) in [7, 11) is -0.393. The molecule has 21 heavy (non-hydrogen) atoms. The van der Waals surface area contributed by atoms with Gasteiger partial charge >= 0.3 is 0 Å². The average molecular weight is 312 g/mol. The van der Waals surface area contributed by atoms with Gasteiger partial charge in [0.2, 0.25) is 10.0 Å². The zero-order chi connectivity index (χ0) is 15.6. The van der Waals surface area contributed by atoms with E-state index in [2.05, 4.69) is 5.32 Å². The van der Waals surface area contributed by atoms with E-state index in [0.29, 0.717) is 12.3 Å². The number of aryl methyl sites for hydroxylation is 2. The van der Waals surface area contributed by atoms with E-state index in [-0.39, 0.29) is 10.9 Å². The molecule has 0 radical (unpaired) electrons. The molecule has 1 atom stereocenters. The van der Waals surface area contributed by atoms with Crippen molar-refractivity contribution in [2.45, 2.75) is 37.6 Å².